The lowest BCUT2D eigenvalue weighted by atomic mass is 10.2. The first-order valence-corrected chi connectivity index (χ1v) is 10.6. The zero-order valence-corrected chi connectivity index (χ0v) is 17.7. The summed E-state index contributed by atoms with van der Waals surface area (Å²) in [6, 6.07) is 0. The van der Waals surface area contributed by atoms with E-state index >= 15 is 0 Å². The van der Waals surface area contributed by atoms with Gasteiger partial charge >= 0.3 is 12.2 Å². The number of carbonyl (C=O) groups excluding carboxylic acids is 4. The number of aliphatic imine (C=N–C) groups is 2. The molecule has 2 amide bonds. The molecular weight excluding hydrogens is 392 g/mol. The lowest BCUT2D eigenvalue weighted by molar-refractivity contribution is 0.128. The van der Waals surface area contributed by atoms with Gasteiger partial charge < -0.3 is 20.1 Å². The van der Waals surface area contributed by atoms with Gasteiger partial charge in [0, 0.05) is 13.1 Å². The summed E-state index contributed by atoms with van der Waals surface area (Å²) in [7, 11) is 0. The molecule has 0 aliphatic heterocycles. The van der Waals surface area contributed by atoms with Crippen molar-refractivity contribution in [3.8, 4) is 0 Å². The molecule has 0 saturated heterocycles. The number of alkyl carbamates (subject to hydrolysis) is 2. The monoisotopic (exact) mass is 426 g/mol. The van der Waals surface area contributed by atoms with Gasteiger partial charge in [0.2, 0.25) is 12.2 Å². The van der Waals surface area contributed by atoms with Gasteiger partial charge in [-0.3, -0.25) is 0 Å². The number of carbonyl (C=O) groups is 2. The van der Waals surface area contributed by atoms with Crippen LogP contribution in [0.3, 0.4) is 0 Å². The predicted molar refractivity (Wildman–Crippen MR) is 111 cm³/mol. The summed E-state index contributed by atoms with van der Waals surface area (Å²) in [6.45, 7) is 2.65. The van der Waals surface area contributed by atoms with E-state index in [9.17, 15) is 19.2 Å². The largest absolute Gasteiger partial charge is 0.450 e. The number of isocyanates is 2. The molecule has 0 fully saturated rings. The summed E-state index contributed by atoms with van der Waals surface area (Å²) in [4.78, 5) is 49.7. The first kappa shape index (κ1) is 27.3. The second-order valence-corrected chi connectivity index (χ2v) is 6.61. The maximum absolute atomic E-state index is 11.5. The van der Waals surface area contributed by atoms with Crippen molar-refractivity contribution < 1.29 is 28.7 Å². The third-order valence-corrected chi connectivity index (χ3v) is 4.07. The number of hydrogen-bond donors (Lipinski definition) is 2. The Morgan fingerprint density at radius 3 is 1.40 bits per heavy atom. The third kappa shape index (κ3) is 21.6. The normalized spacial score (nSPS) is 9.73. The average Bonchev–Trinajstić information content (AvgIpc) is 2.74. The van der Waals surface area contributed by atoms with Crippen molar-refractivity contribution in [1.29, 1.82) is 0 Å². The molecule has 0 rings (SSSR count). The van der Waals surface area contributed by atoms with Crippen molar-refractivity contribution in [3.63, 3.8) is 0 Å². The van der Waals surface area contributed by atoms with E-state index in [-0.39, 0.29) is 13.2 Å². The standard InChI is InChI=1S/C20H34N4O6/c25-17-21-11-5-1-3-7-13-23-19(27)29-15-9-10-16-30-20(28)24-14-8-4-2-6-12-22-18-26/h1-16H2,(H,23,27)(H,24,28). The molecule has 0 aromatic carbocycles. The maximum atomic E-state index is 11.5. The predicted octanol–water partition coefficient (Wildman–Crippen LogP) is 3.01. The molecule has 170 valence electrons. The Morgan fingerprint density at radius 1 is 0.600 bits per heavy atom. The fraction of sp³-hybridized carbons (Fsp3) is 0.800. The quantitative estimate of drug-likeness (QED) is 0.185. The third-order valence-electron chi connectivity index (χ3n) is 4.07. The first-order chi connectivity index (χ1) is 14.7. The van der Waals surface area contributed by atoms with E-state index in [0.29, 0.717) is 39.0 Å². The molecular formula is C20H34N4O6. The Labute approximate surface area is 177 Å². The number of nitrogens with one attached hydrogen (secondary N) is 2. The van der Waals surface area contributed by atoms with Crippen LogP contribution in [0.5, 0.6) is 0 Å². The summed E-state index contributed by atoms with van der Waals surface area (Å²) in [5.74, 6) is 0. The lowest BCUT2D eigenvalue weighted by Crippen LogP contribution is -2.26. The van der Waals surface area contributed by atoms with Crippen LogP contribution in [-0.2, 0) is 19.1 Å². The number of rotatable bonds is 19. The number of nitrogens with zero attached hydrogens (tertiary/aromatic N) is 2. The minimum absolute atomic E-state index is 0.272. The smallest absolute Gasteiger partial charge is 0.407 e. The molecule has 0 spiro atoms. The van der Waals surface area contributed by atoms with Gasteiger partial charge in [-0.05, 0) is 38.5 Å². The van der Waals surface area contributed by atoms with E-state index in [0.717, 1.165) is 51.4 Å². The van der Waals surface area contributed by atoms with Crippen molar-refractivity contribution in [3.05, 3.63) is 0 Å². The van der Waals surface area contributed by atoms with Crippen LogP contribution in [0.15, 0.2) is 9.98 Å². The van der Waals surface area contributed by atoms with Crippen molar-refractivity contribution in [2.24, 2.45) is 9.98 Å². The van der Waals surface area contributed by atoms with E-state index in [1.807, 2.05) is 0 Å². The van der Waals surface area contributed by atoms with E-state index in [1.54, 1.807) is 0 Å². The highest BCUT2D eigenvalue weighted by molar-refractivity contribution is 5.67. The van der Waals surface area contributed by atoms with Gasteiger partial charge in [-0.15, -0.1) is 0 Å². The van der Waals surface area contributed by atoms with Crippen LogP contribution in [0.4, 0.5) is 9.59 Å². The van der Waals surface area contributed by atoms with Crippen LogP contribution in [0.25, 0.3) is 0 Å². The molecule has 0 bridgehead atoms. The summed E-state index contributed by atoms with van der Waals surface area (Å²) in [6.07, 6.45) is 10.5. The lowest BCUT2D eigenvalue weighted by Gasteiger charge is -2.08. The Bertz CT molecular complexity index is 497. The Hall–Kier alpha value is -2.70. The SMILES string of the molecule is O=C=NCCCCCCNC(=O)OCCCCOC(=O)NCCCCCCN=C=O. The molecule has 0 aliphatic rings. The van der Waals surface area contributed by atoms with Gasteiger partial charge in [0.1, 0.15) is 0 Å². The van der Waals surface area contributed by atoms with Crippen LogP contribution in [0, 0.1) is 0 Å². The van der Waals surface area contributed by atoms with E-state index in [1.165, 1.54) is 12.2 Å². The van der Waals surface area contributed by atoms with E-state index in [2.05, 4.69) is 20.6 Å². The summed E-state index contributed by atoms with van der Waals surface area (Å²) in [5, 5.41) is 5.35. The number of hydrogen-bond acceptors (Lipinski definition) is 8. The van der Waals surface area contributed by atoms with Gasteiger partial charge in [0.25, 0.3) is 0 Å². The topological polar surface area (TPSA) is 136 Å². The van der Waals surface area contributed by atoms with Gasteiger partial charge in [-0.1, -0.05) is 25.7 Å². The molecule has 10 nitrogen and oxygen atoms in total. The fourth-order valence-corrected chi connectivity index (χ4v) is 2.45. The van der Waals surface area contributed by atoms with Crippen LogP contribution in [-0.4, -0.2) is 63.7 Å². The Balaban J connectivity index is 3.33. The molecule has 10 heteroatoms. The van der Waals surface area contributed by atoms with Crippen LogP contribution in [0.2, 0.25) is 0 Å². The molecule has 0 saturated carbocycles. The van der Waals surface area contributed by atoms with Gasteiger partial charge in [-0.25, -0.2) is 29.2 Å². The minimum Gasteiger partial charge on any atom is -0.450 e. The first-order valence-electron chi connectivity index (χ1n) is 10.6. The van der Waals surface area contributed by atoms with Gasteiger partial charge in [-0.2, -0.15) is 0 Å². The van der Waals surface area contributed by atoms with Gasteiger partial charge in [0.15, 0.2) is 0 Å². The highest BCUT2D eigenvalue weighted by atomic mass is 16.6. The number of amides is 2. The molecule has 2 N–H and O–H groups in total. The average molecular weight is 427 g/mol. The zero-order valence-electron chi connectivity index (χ0n) is 17.7. The summed E-state index contributed by atoms with van der Waals surface area (Å²) in [5.41, 5.74) is 0. The van der Waals surface area contributed by atoms with Crippen molar-refractivity contribution >= 4 is 24.3 Å². The minimum atomic E-state index is -0.447. The molecule has 0 aromatic heterocycles. The Morgan fingerprint density at radius 2 is 1.00 bits per heavy atom. The van der Waals surface area contributed by atoms with Crippen LogP contribution < -0.4 is 10.6 Å². The summed E-state index contributed by atoms with van der Waals surface area (Å²) >= 11 is 0. The molecule has 0 unspecified atom stereocenters. The second kappa shape index (κ2) is 22.6. The molecule has 0 atom stereocenters. The van der Waals surface area contributed by atoms with Crippen LogP contribution >= 0.6 is 0 Å². The van der Waals surface area contributed by atoms with Crippen molar-refractivity contribution in [2.45, 2.75) is 64.2 Å². The van der Waals surface area contributed by atoms with Crippen molar-refractivity contribution in [1.82, 2.24) is 10.6 Å². The molecule has 0 aromatic rings. The number of unbranched alkanes of at least 4 members (excludes halogenated alkanes) is 7. The highest BCUT2D eigenvalue weighted by Gasteiger charge is 2.03. The molecule has 0 radical (unpaired) electrons. The van der Waals surface area contributed by atoms with Crippen LogP contribution in [0.1, 0.15) is 64.2 Å². The summed E-state index contributed by atoms with van der Waals surface area (Å²) < 4.78 is 10.1. The molecule has 0 aliphatic carbocycles. The number of ether oxygens (including phenoxy) is 2. The fourth-order valence-electron chi connectivity index (χ4n) is 2.45. The van der Waals surface area contributed by atoms with Gasteiger partial charge in [0.05, 0.1) is 26.3 Å². The molecule has 30 heavy (non-hydrogen) atoms. The Kier molecular flexibility index (Phi) is 20.6. The maximum Gasteiger partial charge on any atom is 0.407 e. The van der Waals surface area contributed by atoms with E-state index < -0.39 is 12.2 Å². The molecule has 0 heterocycles. The zero-order chi connectivity index (χ0) is 22.1. The second-order valence-electron chi connectivity index (χ2n) is 6.61. The highest BCUT2D eigenvalue weighted by Crippen LogP contribution is 2.00. The van der Waals surface area contributed by atoms with E-state index in [4.69, 9.17) is 9.47 Å². The van der Waals surface area contributed by atoms with Crippen molar-refractivity contribution in [2.75, 3.05) is 39.4 Å².